The number of amides is 1. The van der Waals surface area contributed by atoms with Gasteiger partial charge in [-0.05, 0) is 42.7 Å². The van der Waals surface area contributed by atoms with Crippen molar-refractivity contribution in [3.63, 3.8) is 0 Å². The number of nitrogens with one attached hydrogen (secondary N) is 1. The Morgan fingerprint density at radius 1 is 1.07 bits per heavy atom. The van der Waals surface area contributed by atoms with Crippen LogP contribution in [0.25, 0.3) is 11.3 Å². The molecule has 2 aromatic carbocycles. The number of oxazole rings is 1. The summed E-state index contributed by atoms with van der Waals surface area (Å²) in [6.07, 6.45) is 2.33. The third-order valence-electron chi connectivity index (χ3n) is 4.66. The lowest BCUT2D eigenvalue weighted by molar-refractivity contribution is -0.116. The number of hydrogen-bond donors (Lipinski definition) is 1. The van der Waals surface area contributed by atoms with Crippen LogP contribution in [-0.4, -0.2) is 23.5 Å². The fourth-order valence-electron chi connectivity index (χ4n) is 2.94. The molecule has 1 amide bonds. The number of aryl methyl sites for hydroxylation is 1. The fraction of sp³-hybridized carbons (Fsp3) is 0.292. The summed E-state index contributed by atoms with van der Waals surface area (Å²) < 4.78 is 10.7. The Bertz CT molecular complexity index is 989. The Kier molecular flexibility index (Phi) is 7.01. The highest BCUT2D eigenvalue weighted by Gasteiger charge is 2.11. The van der Waals surface area contributed by atoms with Gasteiger partial charge in [-0.1, -0.05) is 38.1 Å². The molecule has 0 radical (unpaired) electrons. The summed E-state index contributed by atoms with van der Waals surface area (Å²) in [5.74, 6) is 1.15. The van der Waals surface area contributed by atoms with Crippen molar-refractivity contribution >= 4 is 17.6 Å². The highest BCUT2D eigenvalue weighted by Crippen LogP contribution is 2.24. The van der Waals surface area contributed by atoms with Crippen LogP contribution in [0.4, 0.5) is 5.69 Å². The number of carbonyl (C=O) groups excluding carboxylic acids is 2. The largest absolute Gasteiger partial charge is 0.462 e. The standard InChI is InChI=1S/C24H26N2O4/c1-4-29-24(28)19-9-11-20(12-10-19)26-22(27)13-14-23-25-15-21(30-23)18-7-5-17(6-8-18)16(2)3/h5-12,15-16H,4,13-14H2,1-3H3,(H,26,27). The van der Waals surface area contributed by atoms with E-state index in [9.17, 15) is 9.59 Å². The first kappa shape index (κ1) is 21.3. The van der Waals surface area contributed by atoms with Gasteiger partial charge in [0.15, 0.2) is 11.7 Å². The van der Waals surface area contributed by atoms with Crippen molar-refractivity contribution in [2.75, 3.05) is 11.9 Å². The van der Waals surface area contributed by atoms with E-state index < -0.39 is 0 Å². The molecule has 30 heavy (non-hydrogen) atoms. The number of aromatic nitrogens is 1. The molecule has 3 aromatic rings. The van der Waals surface area contributed by atoms with Gasteiger partial charge in [0.2, 0.25) is 5.91 Å². The second-order valence-electron chi connectivity index (χ2n) is 7.24. The molecule has 0 aliphatic rings. The highest BCUT2D eigenvalue weighted by atomic mass is 16.5. The van der Waals surface area contributed by atoms with E-state index in [1.165, 1.54) is 5.56 Å². The first-order valence-electron chi connectivity index (χ1n) is 10.1. The summed E-state index contributed by atoms with van der Waals surface area (Å²) in [6, 6.07) is 14.8. The third-order valence-corrected chi connectivity index (χ3v) is 4.66. The number of carbonyl (C=O) groups is 2. The zero-order chi connectivity index (χ0) is 21.5. The summed E-state index contributed by atoms with van der Waals surface area (Å²) in [5.41, 5.74) is 3.30. The van der Waals surface area contributed by atoms with Gasteiger partial charge >= 0.3 is 5.97 Å². The molecule has 0 spiro atoms. The van der Waals surface area contributed by atoms with Crippen LogP contribution in [0.2, 0.25) is 0 Å². The monoisotopic (exact) mass is 406 g/mol. The number of hydrogen-bond acceptors (Lipinski definition) is 5. The molecule has 0 aliphatic heterocycles. The first-order chi connectivity index (χ1) is 14.5. The van der Waals surface area contributed by atoms with E-state index in [1.54, 1.807) is 37.4 Å². The van der Waals surface area contributed by atoms with Gasteiger partial charge in [0, 0.05) is 24.1 Å². The molecule has 6 nitrogen and oxygen atoms in total. The van der Waals surface area contributed by atoms with Crippen LogP contribution in [0.5, 0.6) is 0 Å². The minimum atomic E-state index is -0.381. The number of esters is 1. The minimum absolute atomic E-state index is 0.153. The molecule has 0 fully saturated rings. The first-order valence-corrected chi connectivity index (χ1v) is 10.1. The summed E-state index contributed by atoms with van der Waals surface area (Å²) in [4.78, 5) is 28.2. The topological polar surface area (TPSA) is 81.4 Å². The van der Waals surface area contributed by atoms with Gasteiger partial charge in [-0.25, -0.2) is 9.78 Å². The van der Waals surface area contributed by atoms with E-state index in [0.29, 0.717) is 41.8 Å². The van der Waals surface area contributed by atoms with Gasteiger partial charge in [-0.15, -0.1) is 0 Å². The molecule has 1 aromatic heterocycles. The molecule has 0 aliphatic carbocycles. The van der Waals surface area contributed by atoms with Gasteiger partial charge in [-0.3, -0.25) is 4.79 Å². The van der Waals surface area contributed by atoms with Crippen LogP contribution in [0.1, 0.15) is 54.9 Å². The molecule has 0 saturated heterocycles. The summed E-state index contributed by atoms with van der Waals surface area (Å²) in [7, 11) is 0. The van der Waals surface area contributed by atoms with Crippen LogP contribution >= 0.6 is 0 Å². The Morgan fingerprint density at radius 3 is 2.40 bits per heavy atom. The molecule has 1 heterocycles. The van der Waals surface area contributed by atoms with Crippen molar-refractivity contribution in [1.29, 1.82) is 0 Å². The fourth-order valence-corrected chi connectivity index (χ4v) is 2.94. The number of nitrogens with zero attached hydrogens (tertiary/aromatic N) is 1. The number of anilines is 1. The zero-order valence-electron chi connectivity index (χ0n) is 17.5. The number of benzene rings is 2. The van der Waals surface area contributed by atoms with Gasteiger partial charge in [-0.2, -0.15) is 0 Å². The van der Waals surface area contributed by atoms with E-state index in [4.69, 9.17) is 9.15 Å². The minimum Gasteiger partial charge on any atom is -0.462 e. The Hall–Kier alpha value is -3.41. The second-order valence-corrected chi connectivity index (χ2v) is 7.24. The van der Waals surface area contributed by atoms with Crippen LogP contribution in [0.15, 0.2) is 59.1 Å². The summed E-state index contributed by atoms with van der Waals surface area (Å²) in [5, 5.41) is 2.81. The second kappa shape index (κ2) is 9.87. The van der Waals surface area contributed by atoms with E-state index in [1.807, 2.05) is 12.1 Å². The van der Waals surface area contributed by atoms with Crippen molar-refractivity contribution in [1.82, 2.24) is 4.98 Å². The summed E-state index contributed by atoms with van der Waals surface area (Å²) in [6.45, 7) is 6.39. The molecule has 3 rings (SSSR count). The van der Waals surface area contributed by atoms with Crippen LogP contribution in [0, 0.1) is 0 Å². The number of ether oxygens (including phenoxy) is 1. The lowest BCUT2D eigenvalue weighted by Gasteiger charge is -2.06. The lowest BCUT2D eigenvalue weighted by atomic mass is 10.0. The van der Waals surface area contributed by atoms with Gasteiger partial charge in [0.25, 0.3) is 0 Å². The zero-order valence-corrected chi connectivity index (χ0v) is 17.5. The maximum atomic E-state index is 12.2. The van der Waals surface area contributed by atoms with E-state index in [0.717, 1.165) is 5.56 Å². The maximum Gasteiger partial charge on any atom is 0.338 e. The highest BCUT2D eigenvalue weighted by molar-refractivity contribution is 5.93. The predicted octanol–water partition coefficient (Wildman–Crippen LogP) is 5.21. The molecule has 0 unspecified atom stereocenters. The molecule has 6 heteroatoms. The smallest absolute Gasteiger partial charge is 0.338 e. The third kappa shape index (κ3) is 5.56. The average molecular weight is 406 g/mol. The SMILES string of the molecule is CCOC(=O)c1ccc(NC(=O)CCc2ncc(-c3ccc(C(C)C)cc3)o2)cc1. The van der Waals surface area contributed by atoms with E-state index >= 15 is 0 Å². The number of rotatable bonds is 8. The molecular weight excluding hydrogens is 380 g/mol. The predicted molar refractivity (Wildman–Crippen MR) is 115 cm³/mol. The molecule has 0 atom stereocenters. The van der Waals surface area contributed by atoms with Crippen LogP contribution < -0.4 is 5.32 Å². The van der Waals surface area contributed by atoms with Crippen molar-refractivity contribution in [2.45, 2.75) is 39.5 Å². The maximum absolute atomic E-state index is 12.2. The Morgan fingerprint density at radius 2 is 1.77 bits per heavy atom. The van der Waals surface area contributed by atoms with Crippen LogP contribution in [-0.2, 0) is 16.0 Å². The van der Waals surface area contributed by atoms with Crippen molar-refractivity contribution < 1.29 is 18.7 Å². The van der Waals surface area contributed by atoms with Crippen molar-refractivity contribution in [3.8, 4) is 11.3 Å². The molecule has 0 saturated carbocycles. The van der Waals surface area contributed by atoms with E-state index in [2.05, 4.69) is 36.3 Å². The molecular formula is C24H26N2O4. The Labute approximate surface area is 176 Å². The Balaban J connectivity index is 1.52. The van der Waals surface area contributed by atoms with Crippen molar-refractivity contribution in [2.24, 2.45) is 0 Å². The quantitative estimate of drug-likeness (QED) is 0.519. The van der Waals surface area contributed by atoms with Gasteiger partial charge < -0.3 is 14.5 Å². The molecule has 1 N–H and O–H groups in total. The molecule has 156 valence electrons. The normalized spacial score (nSPS) is 10.8. The average Bonchev–Trinajstić information content (AvgIpc) is 3.22. The lowest BCUT2D eigenvalue weighted by Crippen LogP contribution is -2.12. The molecule has 0 bridgehead atoms. The van der Waals surface area contributed by atoms with Crippen LogP contribution in [0.3, 0.4) is 0 Å². The van der Waals surface area contributed by atoms with Gasteiger partial charge in [0.05, 0.1) is 18.4 Å². The van der Waals surface area contributed by atoms with Gasteiger partial charge in [0.1, 0.15) is 0 Å². The van der Waals surface area contributed by atoms with E-state index in [-0.39, 0.29) is 18.3 Å². The summed E-state index contributed by atoms with van der Waals surface area (Å²) >= 11 is 0. The van der Waals surface area contributed by atoms with Crippen molar-refractivity contribution in [3.05, 3.63) is 71.7 Å².